The summed E-state index contributed by atoms with van der Waals surface area (Å²) in [5.41, 5.74) is 2.48. The van der Waals surface area contributed by atoms with Gasteiger partial charge in [0, 0.05) is 41.0 Å². The molecule has 1 fully saturated rings. The normalized spacial score (nSPS) is 15.2. The van der Waals surface area contributed by atoms with Crippen molar-refractivity contribution in [1.82, 2.24) is 19.4 Å². The third-order valence-electron chi connectivity index (χ3n) is 7.09. The van der Waals surface area contributed by atoms with Crippen LogP contribution in [0.2, 0.25) is 5.02 Å². The van der Waals surface area contributed by atoms with Crippen LogP contribution in [-0.4, -0.2) is 58.4 Å². The monoisotopic (exact) mass is 547 g/mol. The number of aromatic nitrogens is 3. The Morgan fingerprint density at radius 2 is 1.95 bits per heavy atom. The zero-order valence-electron chi connectivity index (χ0n) is 22.4. The number of fused-ring (bicyclic) bond motifs is 1. The van der Waals surface area contributed by atoms with E-state index in [0.717, 1.165) is 55.2 Å². The van der Waals surface area contributed by atoms with Gasteiger partial charge in [0.05, 0.1) is 18.3 Å². The smallest absolute Gasteiger partial charge is 0.277 e. The molecule has 1 atom stereocenters. The van der Waals surface area contributed by atoms with E-state index in [-0.39, 0.29) is 11.7 Å². The van der Waals surface area contributed by atoms with Gasteiger partial charge in [0.15, 0.2) is 0 Å². The average molecular weight is 548 g/mol. The maximum atomic E-state index is 13.8. The minimum Gasteiger partial charge on any atom is -0.492 e. The van der Waals surface area contributed by atoms with Gasteiger partial charge in [-0.1, -0.05) is 43.6 Å². The molecule has 204 valence electrons. The lowest BCUT2D eigenvalue weighted by atomic mass is 10.1. The summed E-state index contributed by atoms with van der Waals surface area (Å²) in [6, 6.07) is 17.1. The maximum Gasteiger partial charge on any atom is 0.277 e. The van der Waals surface area contributed by atoms with E-state index in [1.165, 1.54) is 0 Å². The summed E-state index contributed by atoms with van der Waals surface area (Å²) in [7, 11) is 0. The molecule has 1 saturated heterocycles. The van der Waals surface area contributed by atoms with Crippen LogP contribution < -0.4 is 15.6 Å². The Labute approximate surface area is 233 Å². The summed E-state index contributed by atoms with van der Waals surface area (Å²) < 4.78 is 13.5. The van der Waals surface area contributed by atoms with Crippen molar-refractivity contribution in [2.24, 2.45) is 0 Å². The van der Waals surface area contributed by atoms with Crippen molar-refractivity contribution in [1.29, 1.82) is 0 Å². The van der Waals surface area contributed by atoms with Gasteiger partial charge in [0.2, 0.25) is 5.95 Å². The molecule has 39 heavy (non-hydrogen) atoms. The predicted molar refractivity (Wildman–Crippen MR) is 156 cm³/mol. The third-order valence-corrected chi connectivity index (χ3v) is 7.42. The van der Waals surface area contributed by atoms with Crippen molar-refractivity contribution in [3.63, 3.8) is 0 Å². The zero-order valence-corrected chi connectivity index (χ0v) is 23.2. The molecule has 2 aromatic heterocycles. The minimum absolute atomic E-state index is 0.0198. The largest absolute Gasteiger partial charge is 0.492 e. The van der Waals surface area contributed by atoms with Gasteiger partial charge in [-0.15, -0.1) is 0 Å². The molecule has 1 aliphatic heterocycles. The van der Waals surface area contributed by atoms with Gasteiger partial charge in [-0.05, 0) is 62.3 Å². The van der Waals surface area contributed by atoms with Crippen LogP contribution in [0.15, 0.2) is 65.6 Å². The highest BCUT2D eigenvalue weighted by Crippen LogP contribution is 2.30. The number of pyridine rings is 1. The van der Waals surface area contributed by atoms with Crippen LogP contribution in [-0.2, 0) is 11.3 Å². The molecule has 1 unspecified atom stereocenters. The molecule has 0 saturated carbocycles. The Balaban J connectivity index is 1.39. The highest BCUT2D eigenvalue weighted by atomic mass is 35.5. The SMILES string of the molecule is CCN(CC)CCOc1ccc(Nc2ncc3cc(-c4ccccc4Cl)n(CC4CCCO4)c(=O)c3n2)cc1. The van der Waals surface area contributed by atoms with Crippen molar-refractivity contribution < 1.29 is 9.47 Å². The molecule has 3 heterocycles. The van der Waals surface area contributed by atoms with E-state index in [0.29, 0.717) is 41.6 Å². The highest BCUT2D eigenvalue weighted by molar-refractivity contribution is 6.33. The minimum atomic E-state index is -0.194. The fourth-order valence-electron chi connectivity index (χ4n) is 4.85. The van der Waals surface area contributed by atoms with Crippen LogP contribution in [0.1, 0.15) is 26.7 Å². The Kier molecular flexibility index (Phi) is 8.76. The number of rotatable bonds is 11. The summed E-state index contributed by atoms with van der Waals surface area (Å²) in [5, 5.41) is 4.45. The van der Waals surface area contributed by atoms with E-state index < -0.39 is 0 Å². The van der Waals surface area contributed by atoms with Gasteiger partial charge in [0.25, 0.3) is 5.56 Å². The third kappa shape index (κ3) is 6.41. The second kappa shape index (κ2) is 12.6. The Hall–Kier alpha value is -3.46. The summed E-state index contributed by atoms with van der Waals surface area (Å²) in [6.45, 7) is 9.00. The second-order valence-corrected chi connectivity index (χ2v) is 9.99. The lowest BCUT2D eigenvalue weighted by molar-refractivity contribution is 0.0967. The van der Waals surface area contributed by atoms with E-state index in [4.69, 9.17) is 21.1 Å². The first-order valence-corrected chi connectivity index (χ1v) is 13.9. The molecule has 5 rings (SSSR count). The lowest BCUT2D eigenvalue weighted by Crippen LogP contribution is -2.28. The molecule has 0 spiro atoms. The standard InChI is InChI=1S/C30H34ClN5O3/c1-3-35(4-2)15-17-39-23-13-11-22(12-14-23)33-30-32-19-21-18-27(25-9-5-6-10-26(25)31)36(29(37)28(21)34-30)20-24-8-7-16-38-24/h5-6,9-14,18-19,24H,3-4,7-8,15-17,20H2,1-2H3,(H,32,33,34). The van der Waals surface area contributed by atoms with Crippen LogP contribution in [0, 0.1) is 0 Å². The van der Waals surface area contributed by atoms with Crippen LogP contribution in [0.25, 0.3) is 22.2 Å². The quantitative estimate of drug-likeness (QED) is 0.256. The van der Waals surface area contributed by atoms with Crippen LogP contribution in [0.5, 0.6) is 5.75 Å². The molecule has 9 heteroatoms. The van der Waals surface area contributed by atoms with Crippen molar-refractivity contribution in [3.05, 3.63) is 76.2 Å². The van der Waals surface area contributed by atoms with Crippen molar-refractivity contribution in [2.75, 3.05) is 38.2 Å². The number of hydrogen-bond acceptors (Lipinski definition) is 7. The summed E-state index contributed by atoms with van der Waals surface area (Å²) in [4.78, 5) is 25.2. The lowest BCUT2D eigenvalue weighted by Gasteiger charge is -2.18. The number of hydrogen-bond donors (Lipinski definition) is 1. The van der Waals surface area contributed by atoms with Gasteiger partial charge < -0.3 is 24.3 Å². The maximum absolute atomic E-state index is 13.8. The van der Waals surface area contributed by atoms with Crippen molar-refractivity contribution >= 4 is 34.1 Å². The molecule has 0 amide bonds. The summed E-state index contributed by atoms with van der Waals surface area (Å²) in [6.07, 6.45) is 3.56. The van der Waals surface area contributed by atoms with E-state index in [2.05, 4.69) is 34.0 Å². The molecule has 2 aromatic carbocycles. The van der Waals surface area contributed by atoms with Crippen molar-refractivity contribution in [3.8, 4) is 17.0 Å². The number of halogens is 1. The first-order valence-electron chi connectivity index (χ1n) is 13.5. The number of nitrogens with zero attached hydrogens (tertiary/aromatic N) is 4. The molecular weight excluding hydrogens is 514 g/mol. The molecule has 0 aliphatic carbocycles. The van der Waals surface area contributed by atoms with Crippen LogP contribution in [0.3, 0.4) is 0 Å². The topological polar surface area (TPSA) is 81.5 Å². The van der Waals surface area contributed by atoms with Crippen LogP contribution in [0.4, 0.5) is 11.6 Å². The number of likely N-dealkylation sites (N-methyl/N-ethyl adjacent to an activating group) is 1. The van der Waals surface area contributed by atoms with E-state index >= 15 is 0 Å². The first kappa shape index (κ1) is 27.1. The number of anilines is 2. The fraction of sp³-hybridized carbons (Fsp3) is 0.367. The van der Waals surface area contributed by atoms with E-state index in [1.54, 1.807) is 10.8 Å². The molecular formula is C30H34ClN5O3. The number of benzene rings is 2. The number of ether oxygens (including phenoxy) is 2. The Bertz CT molecular complexity index is 1460. The molecule has 8 nitrogen and oxygen atoms in total. The van der Waals surface area contributed by atoms with Gasteiger partial charge >= 0.3 is 0 Å². The van der Waals surface area contributed by atoms with Gasteiger partial charge in [-0.25, -0.2) is 9.97 Å². The van der Waals surface area contributed by atoms with E-state index in [1.807, 2.05) is 54.6 Å². The highest BCUT2D eigenvalue weighted by Gasteiger charge is 2.21. The van der Waals surface area contributed by atoms with Crippen molar-refractivity contribution in [2.45, 2.75) is 39.3 Å². The molecule has 1 aliphatic rings. The van der Waals surface area contributed by atoms with Gasteiger partial charge in [0.1, 0.15) is 17.9 Å². The first-order chi connectivity index (χ1) is 19.1. The Morgan fingerprint density at radius 1 is 1.15 bits per heavy atom. The summed E-state index contributed by atoms with van der Waals surface area (Å²) in [5.74, 6) is 1.15. The zero-order chi connectivity index (χ0) is 27.2. The molecule has 1 N–H and O–H groups in total. The van der Waals surface area contributed by atoms with E-state index in [9.17, 15) is 4.79 Å². The second-order valence-electron chi connectivity index (χ2n) is 9.58. The molecule has 0 bridgehead atoms. The molecule has 0 radical (unpaired) electrons. The molecule has 4 aromatic rings. The van der Waals surface area contributed by atoms with Gasteiger partial charge in [-0.3, -0.25) is 4.79 Å². The predicted octanol–water partition coefficient (Wildman–Crippen LogP) is 5.76. The van der Waals surface area contributed by atoms with Gasteiger partial charge in [-0.2, -0.15) is 0 Å². The summed E-state index contributed by atoms with van der Waals surface area (Å²) >= 11 is 6.53. The fourth-order valence-corrected chi connectivity index (χ4v) is 5.08. The number of nitrogens with one attached hydrogen (secondary N) is 1. The Morgan fingerprint density at radius 3 is 2.67 bits per heavy atom. The average Bonchev–Trinajstić information content (AvgIpc) is 3.47. The van der Waals surface area contributed by atoms with Crippen LogP contribution >= 0.6 is 11.6 Å².